The van der Waals surface area contributed by atoms with Gasteiger partial charge < -0.3 is 13.6 Å². The number of hydrogen-bond donors (Lipinski definition) is 0. The van der Waals surface area contributed by atoms with Gasteiger partial charge in [0.2, 0.25) is 0 Å². The molecule has 0 aliphatic carbocycles. The number of nitrogens with zero attached hydrogens (tertiary/aromatic N) is 3. The first-order valence-corrected chi connectivity index (χ1v) is 10.4. The molecule has 0 saturated carbocycles. The first-order chi connectivity index (χ1) is 12.0. The van der Waals surface area contributed by atoms with Crippen molar-refractivity contribution in [2.45, 2.75) is 60.8 Å². The Labute approximate surface area is 151 Å². The van der Waals surface area contributed by atoms with Gasteiger partial charge in [0.25, 0.3) is 0 Å². The molecule has 0 aliphatic heterocycles. The Kier molecular flexibility index (Phi) is 8.91. The predicted molar refractivity (Wildman–Crippen MR) is 105 cm³/mol. The highest BCUT2D eigenvalue weighted by atomic mass is 28.4. The van der Waals surface area contributed by atoms with Gasteiger partial charge in [-0.2, -0.15) is 0 Å². The standard InChI is InChI=1S/C18H29N3O3Si/c1-7-15(4)19-22-25(23-20-16(5)8-2,24-21-17(6)9-3)18-13-11-10-12-14-18/h10-14H,7-9H2,1-6H3/b19-15-,20-16-,21-17+. The van der Waals surface area contributed by atoms with E-state index >= 15 is 0 Å². The first kappa shape index (κ1) is 20.9. The molecule has 0 N–H and O–H groups in total. The van der Waals surface area contributed by atoms with Gasteiger partial charge in [0.05, 0.1) is 22.3 Å². The fourth-order valence-electron chi connectivity index (χ4n) is 1.46. The minimum absolute atomic E-state index is 0.753. The molecule has 0 aromatic heterocycles. The van der Waals surface area contributed by atoms with Crippen molar-refractivity contribution in [1.82, 2.24) is 0 Å². The third-order valence-corrected chi connectivity index (χ3v) is 5.66. The molecule has 0 radical (unpaired) electrons. The van der Waals surface area contributed by atoms with Gasteiger partial charge in [-0.05, 0) is 40.0 Å². The first-order valence-electron chi connectivity index (χ1n) is 8.67. The molecule has 1 rings (SSSR count). The summed E-state index contributed by atoms with van der Waals surface area (Å²) in [7, 11) is -3.47. The summed E-state index contributed by atoms with van der Waals surface area (Å²) in [5, 5.41) is 13.3. The second-order valence-corrected chi connectivity index (χ2v) is 7.97. The van der Waals surface area contributed by atoms with E-state index in [1.165, 1.54) is 0 Å². The maximum atomic E-state index is 5.83. The maximum Gasteiger partial charge on any atom is 0.800 e. The molecular formula is C18H29N3O3Si. The van der Waals surface area contributed by atoms with Crippen molar-refractivity contribution in [2.24, 2.45) is 15.5 Å². The molecule has 6 nitrogen and oxygen atoms in total. The summed E-state index contributed by atoms with van der Waals surface area (Å²) in [5.74, 6) is 0. The Morgan fingerprint density at radius 1 is 0.720 bits per heavy atom. The minimum Gasteiger partial charge on any atom is -0.370 e. The van der Waals surface area contributed by atoms with Crippen LogP contribution in [0.3, 0.4) is 0 Å². The zero-order valence-electron chi connectivity index (χ0n) is 16.1. The molecule has 0 heterocycles. The number of rotatable bonds is 10. The number of hydrogen-bond acceptors (Lipinski definition) is 6. The molecule has 0 bridgehead atoms. The van der Waals surface area contributed by atoms with Gasteiger partial charge in [-0.25, -0.2) is 0 Å². The zero-order valence-corrected chi connectivity index (χ0v) is 17.1. The molecule has 138 valence electrons. The monoisotopic (exact) mass is 363 g/mol. The Bertz CT molecular complexity index is 560. The van der Waals surface area contributed by atoms with Crippen LogP contribution in [0, 0.1) is 0 Å². The highest BCUT2D eigenvalue weighted by Gasteiger charge is 2.55. The van der Waals surface area contributed by atoms with E-state index in [0.29, 0.717) is 0 Å². The van der Waals surface area contributed by atoms with E-state index < -0.39 is 8.80 Å². The van der Waals surface area contributed by atoms with Crippen molar-refractivity contribution in [3.8, 4) is 0 Å². The molecule has 1 aromatic carbocycles. The van der Waals surface area contributed by atoms with Crippen molar-refractivity contribution < 1.29 is 13.6 Å². The third-order valence-electron chi connectivity index (χ3n) is 3.63. The molecular weight excluding hydrogens is 334 g/mol. The molecule has 0 amide bonds. The van der Waals surface area contributed by atoms with E-state index in [9.17, 15) is 0 Å². The number of oxime groups is 3. The highest BCUT2D eigenvalue weighted by molar-refractivity contribution is 6.75. The molecule has 0 atom stereocenters. The fourth-order valence-corrected chi connectivity index (χ4v) is 3.30. The average Bonchev–Trinajstić information content (AvgIpc) is 2.67. The van der Waals surface area contributed by atoms with Crippen molar-refractivity contribution in [3.63, 3.8) is 0 Å². The lowest BCUT2D eigenvalue weighted by Crippen LogP contribution is -2.54. The molecule has 0 unspecified atom stereocenters. The van der Waals surface area contributed by atoms with Crippen LogP contribution in [0.15, 0.2) is 45.8 Å². The summed E-state index contributed by atoms with van der Waals surface area (Å²) in [5.41, 5.74) is 2.52. The summed E-state index contributed by atoms with van der Waals surface area (Å²) in [6.07, 6.45) is 2.31. The van der Waals surface area contributed by atoms with Crippen LogP contribution in [0.4, 0.5) is 0 Å². The molecule has 0 saturated heterocycles. The normalized spacial score (nSPS) is 15.5. The molecule has 0 fully saturated rings. The van der Waals surface area contributed by atoms with E-state index in [1.54, 1.807) is 0 Å². The van der Waals surface area contributed by atoms with Gasteiger partial charge >= 0.3 is 8.80 Å². The Morgan fingerprint density at radius 3 is 1.40 bits per heavy atom. The molecule has 25 heavy (non-hydrogen) atoms. The Balaban J connectivity index is 3.34. The highest BCUT2D eigenvalue weighted by Crippen LogP contribution is 2.14. The van der Waals surface area contributed by atoms with Crippen LogP contribution in [0.25, 0.3) is 0 Å². The van der Waals surface area contributed by atoms with Gasteiger partial charge in [-0.15, -0.1) is 15.5 Å². The van der Waals surface area contributed by atoms with Crippen LogP contribution in [-0.2, 0) is 13.6 Å². The summed E-state index contributed by atoms with van der Waals surface area (Å²) in [6, 6.07) is 9.49. The molecule has 7 heteroatoms. The van der Waals surface area contributed by atoms with Crippen LogP contribution in [0.5, 0.6) is 0 Å². The summed E-state index contributed by atoms with van der Waals surface area (Å²) in [6.45, 7) is 11.7. The fraction of sp³-hybridized carbons (Fsp3) is 0.500. The largest absolute Gasteiger partial charge is 0.800 e. The molecule has 1 aromatic rings. The van der Waals surface area contributed by atoms with Gasteiger partial charge in [-0.1, -0.05) is 51.1 Å². The average molecular weight is 364 g/mol. The maximum absolute atomic E-state index is 5.83. The summed E-state index contributed by atoms with van der Waals surface area (Å²) in [4.78, 5) is 0. The van der Waals surface area contributed by atoms with E-state index in [0.717, 1.165) is 41.6 Å². The van der Waals surface area contributed by atoms with Crippen molar-refractivity contribution >= 4 is 31.1 Å². The van der Waals surface area contributed by atoms with Crippen LogP contribution in [0.2, 0.25) is 0 Å². The summed E-state index contributed by atoms with van der Waals surface area (Å²) < 4.78 is 17.5. The van der Waals surface area contributed by atoms with Crippen LogP contribution < -0.4 is 5.19 Å². The quantitative estimate of drug-likeness (QED) is 0.355. The zero-order chi connectivity index (χ0) is 18.7. The lowest BCUT2D eigenvalue weighted by Gasteiger charge is -2.22. The Hall–Kier alpha value is -2.15. The van der Waals surface area contributed by atoms with E-state index in [2.05, 4.69) is 15.5 Å². The topological polar surface area (TPSA) is 64.8 Å². The van der Waals surface area contributed by atoms with Crippen LogP contribution in [-0.4, -0.2) is 25.9 Å². The van der Waals surface area contributed by atoms with E-state index in [4.69, 9.17) is 13.6 Å². The van der Waals surface area contributed by atoms with Crippen molar-refractivity contribution in [3.05, 3.63) is 30.3 Å². The van der Waals surface area contributed by atoms with Crippen LogP contribution in [0.1, 0.15) is 60.8 Å². The van der Waals surface area contributed by atoms with E-state index in [-0.39, 0.29) is 0 Å². The number of benzene rings is 1. The lowest BCUT2D eigenvalue weighted by atomic mass is 10.3. The van der Waals surface area contributed by atoms with Gasteiger partial charge in [-0.3, -0.25) is 0 Å². The Morgan fingerprint density at radius 2 is 1.08 bits per heavy atom. The minimum atomic E-state index is -3.47. The van der Waals surface area contributed by atoms with Gasteiger partial charge in [0, 0.05) is 0 Å². The predicted octanol–water partition coefficient (Wildman–Crippen LogP) is 4.24. The van der Waals surface area contributed by atoms with Gasteiger partial charge in [0.15, 0.2) is 0 Å². The second-order valence-electron chi connectivity index (χ2n) is 5.74. The smallest absolute Gasteiger partial charge is 0.370 e. The van der Waals surface area contributed by atoms with Crippen molar-refractivity contribution in [1.29, 1.82) is 0 Å². The molecule has 0 aliphatic rings. The summed E-state index contributed by atoms with van der Waals surface area (Å²) >= 11 is 0. The lowest BCUT2D eigenvalue weighted by molar-refractivity contribution is 0.0800. The SMILES string of the molecule is CC/C(C)=N\O[Si](O/N=C(/C)CC)(O/N=C(\C)CC)c1ccccc1. The third kappa shape index (κ3) is 6.70. The van der Waals surface area contributed by atoms with E-state index in [1.807, 2.05) is 71.9 Å². The van der Waals surface area contributed by atoms with Gasteiger partial charge in [0.1, 0.15) is 0 Å². The second kappa shape index (κ2) is 10.7. The van der Waals surface area contributed by atoms with Crippen molar-refractivity contribution in [2.75, 3.05) is 0 Å². The van der Waals surface area contributed by atoms with Crippen LogP contribution >= 0.6 is 0 Å². The molecule has 0 spiro atoms.